The first-order valence-corrected chi connectivity index (χ1v) is 13.9. The molecule has 4 nitrogen and oxygen atoms in total. The number of rotatable bonds is 9. The topological polar surface area (TPSA) is 80.9 Å². The SMILES string of the molecule is Cc1c(O)c(O)c(O)c(O)c1CCCCC[P+](c1ccccc1)(c1ccccc1)c1ccccc1. The smallest absolute Gasteiger partial charge is 0.204 e. The van der Waals surface area contributed by atoms with E-state index in [1.165, 1.54) is 15.9 Å². The van der Waals surface area contributed by atoms with Crippen molar-refractivity contribution in [2.45, 2.75) is 32.6 Å². The summed E-state index contributed by atoms with van der Waals surface area (Å²) in [5, 5.41) is 44.1. The van der Waals surface area contributed by atoms with E-state index >= 15 is 0 Å². The highest BCUT2D eigenvalue weighted by Gasteiger charge is 2.44. The minimum atomic E-state index is -1.87. The maximum Gasteiger partial charge on any atom is 0.204 e. The average Bonchev–Trinajstić information content (AvgIpc) is 2.92. The van der Waals surface area contributed by atoms with Crippen LogP contribution in [0.3, 0.4) is 0 Å². The Morgan fingerprint density at radius 1 is 0.514 bits per heavy atom. The van der Waals surface area contributed by atoms with Gasteiger partial charge in [-0.2, -0.15) is 0 Å². The molecular formula is C30H32O4P+. The van der Waals surface area contributed by atoms with E-state index in [2.05, 4.69) is 91.0 Å². The van der Waals surface area contributed by atoms with E-state index in [4.69, 9.17) is 0 Å². The lowest BCUT2D eigenvalue weighted by Gasteiger charge is -2.27. The van der Waals surface area contributed by atoms with Gasteiger partial charge in [0, 0.05) is 11.1 Å². The predicted molar refractivity (Wildman–Crippen MR) is 145 cm³/mol. The fourth-order valence-electron chi connectivity index (χ4n) is 4.88. The molecule has 0 fully saturated rings. The number of aromatic hydroxyl groups is 4. The van der Waals surface area contributed by atoms with E-state index in [9.17, 15) is 20.4 Å². The minimum absolute atomic E-state index is 0.350. The molecule has 0 saturated carbocycles. The molecule has 4 rings (SSSR count). The Hall–Kier alpha value is -3.49. The molecule has 0 saturated heterocycles. The van der Waals surface area contributed by atoms with Crippen molar-refractivity contribution in [1.82, 2.24) is 0 Å². The van der Waals surface area contributed by atoms with Crippen molar-refractivity contribution >= 4 is 23.2 Å². The maximum absolute atomic E-state index is 10.3. The lowest BCUT2D eigenvalue weighted by molar-refractivity contribution is 0.341. The third-order valence-electron chi connectivity index (χ3n) is 6.78. The van der Waals surface area contributed by atoms with E-state index < -0.39 is 18.8 Å². The Labute approximate surface area is 207 Å². The summed E-state index contributed by atoms with van der Waals surface area (Å²) in [5.74, 6) is -2.06. The van der Waals surface area contributed by atoms with Gasteiger partial charge in [-0.1, -0.05) is 54.6 Å². The molecule has 0 aromatic heterocycles. The number of hydrogen-bond acceptors (Lipinski definition) is 4. The molecule has 4 N–H and O–H groups in total. The van der Waals surface area contributed by atoms with Gasteiger partial charge in [-0.3, -0.25) is 0 Å². The molecule has 0 radical (unpaired) electrons. The van der Waals surface area contributed by atoms with Crippen LogP contribution in [0.1, 0.15) is 30.4 Å². The number of hydrogen-bond donors (Lipinski definition) is 4. The molecule has 4 aromatic carbocycles. The molecule has 0 heterocycles. The minimum Gasteiger partial charge on any atom is -0.504 e. The summed E-state index contributed by atoms with van der Waals surface area (Å²) in [6, 6.07) is 32.4. The lowest BCUT2D eigenvalue weighted by Crippen LogP contribution is -2.33. The quantitative estimate of drug-likeness (QED) is 0.108. The number of benzene rings is 4. The second-order valence-electron chi connectivity index (χ2n) is 8.85. The molecule has 35 heavy (non-hydrogen) atoms. The third kappa shape index (κ3) is 4.85. The Bertz CT molecular complexity index is 1130. The van der Waals surface area contributed by atoms with E-state index in [1.54, 1.807) is 6.92 Å². The molecule has 0 unspecified atom stereocenters. The first-order valence-electron chi connectivity index (χ1n) is 12.0. The van der Waals surface area contributed by atoms with Gasteiger partial charge < -0.3 is 20.4 Å². The van der Waals surface area contributed by atoms with Gasteiger partial charge in [0.1, 0.15) is 23.2 Å². The first kappa shape index (κ1) is 24.6. The highest BCUT2D eigenvalue weighted by atomic mass is 31.2. The molecule has 0 atom stereocenters. The number of phenolic OH excluding ortho intramolecular Hbond substituents is 4. The molecule has 0 aliphatic carbocycles. The molecule has 0 spiro atoms. The standard InChI is InChI=1S/C30H31O4P/c1-22-26(28(32)30(34)29(33)27(22)31)20-12-5-13-21-35(23-14-6-2-7-15-23,24-16-8-3-9-17-24)25-18-10-4-11-19-25/h2-4,6-11,14-19H,5,12-13,20-21H2,1H3,(H3-,31,32,33,34)/p+1. The van der Waals surface area contributed by atoms with Crippen LogP contribution < -0.4 is 15.9 Å². The average molecular weight is 488 g/mol. The molecule has 0 amide bonds. The van der Waals surface area contributed by atoms with Crippen LogP contribution in [0.15, 0.2) is 91.0 Å². The second kappa shape index (κ2) is 10.8. The molecule has 5 heteroatoms. The summed E-state index contributed by atoms with van der Waals surface area (Å²) < 4.78 is 0. The molecule has 0 aliphatic rings. The Morgan fingerprint density at radius 2 is 0.943 bits per heavy atom. The van der Waals surface area contributed by atoms with Gasteiger partial charge in [-0.25, -0.2) is 0 Å². The monoisotopic (exact) mass is 487 g/mol. The van der Waals surface area contributed by atoms with Gasteiger partial charge in [0.25, 0.3) is 0 Å². The van der Waals surface area contributed by atoms with Crippen LogP contribution in [0.2, 0.25) is 0 Å². The van der Waals surface area contributed by atoms with Crippen molar-refractivity contribution < 1.29 is 20.4 Å². The van der Waals surface area contributed by atoms with Crippen molar-refractivity contribution in [3.63, 3.8) is 0 Å². The summed E-state index contributed by atoms with van der Waals surface area (Å²) in [5.41, 5.74) is 0.880. The Morgan fingerprint density at radius 3 is 1.40 bits per heavy atom. The largest absolute Gasteiger partial charge is 0.504 e. The van der Waals surface area contributed by atoms with Crippen LogP contribution in [-0.2, 0) is 6.42 Å². The summed E-state index contributed by atoms with van der Waals surface area (Å²) in [6.07, 6.45) is 4.23. The number of unbranched alkanes of at least 4 members (excludes halogenated alkanes) is 2. The van der Waals surface area contributed by atoms with Crippen molar-refractivity contribution in [1.29, 1.82) is 0 Å². The van der Waals surface area contributed by atoms with Crippen LogP contribution >= 0.6 is 7.26 Å². The fraction of sp³-hybridized carbons (Fsp3) is 0.200. The molecule has 0 aliphatic heterocycles. The van der Waals surface area contributed by atoms with Gasteiger partial charge in [-0.15, -0.1) is 0 Å². The van der Waals surface area contributed by atoms with Crippen molar-refractivity contribution in [3.8, 4) is 23.0 Å². The molecule has 0 bridgehead atoms. The Kier molecular flexibility index (Phi) is 7.63. The van der Waals surface area contributed by atoms with Crippen molar-refractivity contribution in [2.75, 3.05) is 6.16 Å². The van der Waals surface area contributed by atoms with Gasteiger partial charge in [0.15, 0.2) is 11.5 Å². The summed E-state index contributed by atoms with van der Waals surface area (Å²) in [6.45, 7) is 1.64. The molecule has 4 aromatic rings. The zero-order chi connectivity index (χ0) is 24.8. The van der Waals surface area contributed by atoms with Crippen LogP contribution in [0.4, 0.5) is 0 Å². The Balaban J connectivity index is 1.59. The van der Waals surface area contributed by atoms with Crippen LogP contribution in [0, 0.1) is 6.92 Å². The first-order chi connectivity index (χ1) is 17.0. The summed E-state index contributed by atoms with van der Waals surface area (Å²) >= 11 is 0. The van der Waals surface area contributed by atoms with E-state index in [1.807, 2.05) is 0 Å². The van der Waals surface area contributed by atoms with Gasteiger partial charge in [0.2, 0.25) is 11.5 Å². The second-order valence-corrected chi connectivity index (χ2v) is 12.5. The summed E-state index contributed by atoms with van der Waals surface area (Å²) in [4.78, 5) is 0. The highest BCUT2D eigenvalue weighted by molar-refractivity contribution is 7.95. The van der Waals surface area contributed by atoms with Crippen LogP contribution in [-0.4, -0.2) is 26.6 Å². The normalized spacial score (nSPS) is 11.5. The zero-order valence-corrected chi connectivity index (χ0v) is 20.8. The van der Waals surface area contributed by atoms with Crippen LogP contribution in [0.5, 0.6) is 23.0 Å². The molecular weight excluding hydrogens is 455 g/mol. The maximum atomic E-state index is 10.3. The molecule has 180 valence electrons. The zero-order valence-electron chi connectivity index (χ0n) is 19.9. The van der Waals surface area contributed by atoms with Crippen molar-refractivity contribution in [3.05, 3.63) is 102 Å². The van der Waals surface area contributed by atoms with E-state index in [-0.39, 0.29) is 11.5 Å². The van der Waals surface area contributed by atoms with Gasteiger partial charge in [-0.05, 0) is 69.0 Å². The fourth-order valence-corrected chi connectivity index (χ4v) is 9.29. The summed E-state index contributed by atoms with van der Waals surface area (Å²) in [7, 11) is -1.87. The van der Waals surface area contributed by atoms with Crippen molar-refractivity contribution in [2.24, 2.45) is 0 Å². The van der Waals surface area contributed by atoms with Crippen LogP contribution in [0.25, 0.3) is 0 Å². The van der Waals surface area contributed by atoms with Gasteiger partial charge in [0.05, 0.1) is 6.16 Å². The highest BCUT2D eigenvalue weighted by Crippen LogP contribution is 2.56. The third-order valence-corrected chi connectivity index (χ3v) is 11.3. The predicted octanol–water partition coefficient (Wildman–Crippen LogP) is 5.52. The van der Waals surface area contributed by atoms with E-state index in [0.29, 0.717) is 17.5 Å². The van der Waals surface area contributed by atoms with E-state index in [0.717, 1.165) is 25.4 Å². The van der Waals surface area contributed by atoms with Gasteiger partial charge >= 0.3 is 0 Å². The lowest BCUT2D eigenvalue weighted by atomic mass is 9.99. The number of phenols is 4.